The van der Waals surface area contributed by atoms with Crippen molar-refractivity contribution in [3.8, 4) is 23.1 Å². The molecule has 1 heterocycles. The normalized spacial score (nSPS) is 12.2. The number of ether oxygens (including phenoxy) is 1. The van der Waals surface area contributed by atoms with E-state index < -0.39 is 27.0 Å². The van der Waals surface area contributed by atoms with Crippen LogP contribution in [0.5, 0.6) is 5.75 Å². The minimum atomic E-state index is -5.06. The van der Waals surface area contributed by atoms with Gasteiger partial charge in [-0.25, -0.2) is 8.42 Å². The summed E-state index contributed by atoms with van der Waals surface area (Å²) in [6.45, 7) is 3.39. The predicted molar refractivity (Wildman–Crippen MR) is 92.4 cm³/mol. The highest BCUT2D eigenvalue weighted by molar-refractivity contribution is 7.89. The van der Waals surface area contributed by atoms with E-state index in [1.165, 1.54) is 16.7 Å². The van der Waals surface area contributed by atoms with Crippen LogP contribution in [0.4, 0.5) is 13.2 Å². The topological polar surface area (TPSA) is 75.3 Å². The van der Waals surface area contributed by atoms with Crippen molar-refractivity contribution in [2.24, 2.45) is 7.05 Å². The molecular formula is C17H18F3N3O3S. The van der Waals surface area contributed by atoms with E-state index in [0.29, 0.717) is 11.4 Å². The minimum absolute atomic E-state index is 0.107. The molecule has 2 rings (SSSR count). The summed E-state index contributed by atoms with van der Waals surface area (Å²) in [5.41, 5.74) is 1.05. The van der Waals surface area contributed by atoms with Gasteiger partial charge >= 0.3 is 6.36 Å². The number of benzene rings is 1. The zero-order chi connectivity index (χ0) is 20.4. The molecule has 0 aliphatic rings. The van der Waals surface area contributed by atoms with Crippen LogP contribution < -0.4 is 4.74 Å². The fourth-order valence-corrected chi connectivity index (χ4v) is 4.25. The Labute approximate surface area is 155 Å². The van der Waals surface area contributed by atoms with Crippen molar-refractivity contribution in [1.82, 2.24) is 8.87 Å². The zero-order valence-corrected chi connectivity index (χ0v) is 15.7. The smallest absolute Gasteiger partial charge is 0.404 e. The second kappa shape index (κ2) is 7.62. The van der Waals surface area contributed by atoms with Gasteiger partial charge in [0.15, 0.2) is 0 Å². The van der Waals surface area contributed by atoms with Crippen molar-refractivity contribution in [3.63, 3.8) is 0 Å². The van der Waals surface area contributed by atoms with Gasteiger partial charge in [-0.2, -0.15) is 9.57 Å². The van der Waals surface area contributed by atoms with Gasteiger partial charge < -0.3 is 9.30 Å². The van der Waals surface area contributed by atoms with Crippen molar-refractivity contribution >= 4 is 10.0 Å². The fourth-order valence-electron chi connectivity index (χ4n) is 2.70. The predicted octanol–water partition coefficient (Wildman–Crippen LogP) is 3.49. The van der Waals surface area contributed by atoms with E-state index in [9.17, 15) is 21.6 Å². The van der Waals surface area contributed by atoms with Crippen LogP contribution in [0.15, 0.2) is 35.2 Å². The largest absolute Gasteiger partial charge is 0.573 e. The van der Waals surface area contributed by atoms with Crippen LogP contribution in [-0.2, 0) is 17.1 Å². The number of hydrogen-bond acceptors (Lipinski definition) is 4. The maximum Gasteiger partial charge on any atom is 0.573 e. The molecular weight excluding hydrogens is 383 g/mol. The van der Waals surface area contributed by atoms with Crippen molar-refractivity contribution < 1.29 is 26.3 Å². The lowest BCUT2D eigenvalue weighted by molar-refractivity contribution is -0.275. The van der Waals surface area contributed by atoms with Crippen LogP contribution in [-0.4, -0.2) is 36.7 Å². The molecule has 146 valence electrons. The Morgan fingerprint density at radius 3 is 2.30 bits per heavy atom. The number of nitrogens with zero attached hydrogens (tertiary/aromatic N) is 3. The van der Waals surface area contributed by atoms with Crippen LogP contribution >= 0.6 is 0 Å². The number of rotatable bonds is 6. The summed E-state index contributed by atoms with van der Waals surface area (Å²) >= 11 is 0. The highest BCUT2D eigenvalue weighted by Gasteiger charge is 2.35. The first kappa shape index (κ1) is 20.8. The summed E-state index contributed by atoms with van der Waals surface area (Å²) in [6, 6.07) is 8.51. The quantitative estimate of drug-likeness (QED) is 0.743. The molecule has 0 saturated heterocycles. The number of hydrogen-bond donors (Lipinski definition) is 0. The molecule has 0 unspecified atom stereocenters. The van der Waals surface area contributed by atoms with Crippen LogP contribution in [0.1, 0.15) is 19.5 Å². The molecule has 2 aromatic rings. The van der Waals surface area contributed by atoms with Crippen LogP contribution in [0.25, 0.3) is 11.3 Å². The van der Waals surface area contributed by atoms with E-state index in [2.05, 4.69) is 4.74 Å². The Morgan fingerprint density at radius 1 is 1.19 bits per heavy atom. The Morgan fingerprint density at radius 2 is 1.81 bits per heavy atom. The van der Waals surface area contributed by atoms with E-state index in [1.54, 1.807) is 27.0 Å². The Balaban J connectivity index is 2.66. The van der Waals surface area contributed by atoms with Gasteiger partial charge in [0.05, 0.1) is 0 Å². The first-order chi connectivity index (χ1) is 12.5. The molecule has 6 nitrogen and oxygen atoms in total. The molecule has 0 fully saturated rings. The molecule has 0 atom stereocenters. The van der Waals surface area contributed by atoms with Crippen molar-refractivity contribution in [1.29, 1.82) is 5.26 Å². The number of aromatic nitrogens is 1. The molecule has 0 aliphatic heterocycles. The summed E-state index contributed by atoms with van der Waals surface area (Å²) < 4.78 is 70.5. The molecule has 0 bridgehead atoms. The summed E-state index contributed by atoms with van der Waals surface area (Å²) in [6.07, 6.45) is -5.06. The van der Waals surface area contributed by atoms with Crippen molar-refractivity contribution in [3.05, 3.63) is 36.0 Å². The summed E-state index contributed by atoms with van der Waals surface area (Å²) in [5.74, 6) is -0.813. The molecule has 27 heavy (non-hydrogen) atoms. The van der Waals surface area contributed by atoms with Gasteiger partial charge in [-0.05, 0) is 24.3 Å². The highest BCUT2D eigenvalue weighted by Crippen LogP contribution is 2.35. The van der Waals surface area contributed by atoms with Gasteiger partial charge in [0.2, 0.25) is 10.0 Å². The third-order valence-corrected chi connectivity index (χ3v) is 6.11. The van der Waals surface area contributed by atoms with Gasteiger partial charge in [-0.1, -0.05) is 19.9 Å². The van der Waals surface area contributed by atoms with E-state index in [0.717, 1.165) is 16.4 Å². The van der Waals surface area contributed by atoms with Gasteiger partial charge in [-0.15, -0.1) is 13.2 Å². The van der Waals surface area contributed by atoms with E-state index >= 15 is 0 Å². The lowest BCUT2D eigenvalue weighted by Crippen LogP contribution is -2.31. The SMILES string of the molecule is CCN(CC)S(=O)(=O)c1ccc(-c2ccc(C#N)n2C)cc1OC(F)(F)F. The van der Waals surface area contributed by atoms with Gasteiger partial charge in [0.1, 0.15) is 22.4 Å². The maximum atomic E-state index is 12.9. The number of sulfonamides is 1. The van der Waals surface area contributed by atoms with Crippen molar-refractivity contribution in [2.45, 2.75) is 25.1 Å². The Bertz CT molecular complexity index is 972. The number of halogens is 3. The summed E-state index contributed by atoms with van der Waals surface area (Å²) in [7, 11) is -2.58. The highest BCUT2D eigenvalue weighted by atomic mass is 32.2. The third-order valence-electron chi connectivity index (χ3n) is 4.02. The average Bonchev–Trinajstić information content (AvgIpc) is 2.94. The lowest BCUT2D eigenvalue weighted by atomic mass is 10.1. The monoisotopic (exact) mass is 401 g/mol. The molecule has 0 spiro atoms. The average molecular weight is 401 g/mol. The second-order valence-electron chi connectivity index (χ2n) is 5.57. The van der Waals surface area contributed by atoms with Crippen LogP contribution in [0.2, 0.25) is 0 Å². The second-order valence-corrected chi connectivity index (χ2v) is 7.48. The zero-order valence-electron chi connectivity index (χ0n) is 14.9. The minimum Gasteiger partial charge on any atom is -0.404 e. The lowest BCUT2D eigenvalue weighted by Gasteiger charge is -2.21. The standard InChI is InChI=1S/C17H18F3N3O3S/c1-4-23(5-2)27(24,25)16-9-6-12(10-15(16)26-17(18,19)20)14-8-7-13(11-21)22(14)3/h6-10H,4-5H2,1-3H3. The molecule has 0 N–H and O–H groups in total. The van der Waals surface area contributed by atoms with Gasteiger partial charge in [0.25, 0.3) is 0 Å². The number of nitriles is 1. The molecule has 0 saturated carbocycles. The molecule has 0 radical (unpaired) electrons. The van der Waals surface area contributed by atoms with E-state index in [4.69, 9.17) is 5.26 Å². The Hall–Kier alpha value is -2.51. The Kier molecular flexibility index (Phi) is 5.87. The van der Waals surface area contributed by atoms with E-state index in [1.807, 2.05) is 6.07 Å². The summed E-state index contributed by atoms with van der Waals surface area (Å²) in [5, 5.41) is 9.02. The first-order valence-corrected chi connectivity index (χ1v) is 9.45. The first-order valence-electron chi connectivity index (χ1n) is 8.01. The fraction of sp³-hybridized carbons (Fsp3) is 0.353. The maximum absolute atomic E-state index is 12.9. The van der Waals surface area contributed by atoms with Gasteiger partial charge in [-0.3, -0.25) is 0 Å². The van der Waals surface area contributed by atoms with Crippen LogP contribution in [0.3, 0.4) is 0 Å². The van der Waals surface area contributed by atoms with E-state index in [-0.39, 0.29) is 18.7 Å². The summed E-state index contributed by atoms with van der Waals surface area (Å²) in [4.78, 5) is -0.568. The molecule has 10 heteroatoms. The molecule has 1 aromatic heterocycles. The number of alkyl halides is 3. The molecule has 0 aliphatic carbocycles. The molecule has 1 aromatic carbocycles. The van der Waals surface area contributed by atoms with Crippen molar-refractivity contribution in [2.75, 3.05) is 13.1 Å². The van der Waals surface area contributed by atoms with Crippen LogP contribution in [0, 0.1) is 11.3 Å². The third kappa shape index (κ3) is 4.26. The van der Waals surface area contributed by atoms with Gasteiger partial charge in [0, 0.05) is 31.4 Å². The molecule has 0 amide bonds.